The molecule has 0 aromatic heterocycles. The third kappa shape index (κ3) is 7.94. The van der Waals surface area contributed by atoms with Crippen molar-refractivity contribution in [2.24, 2.45) is 0 Å². The van der Waals surface area contributed by atoms with E-state index >= 15 is 0 Å². The molecule has 5 aliphatic carbocycles. The predicted octanol–water partition coefficient (Wildman–Crippen LogP) is 16.6. The number of allylic oxidation sites excluding steroid dienone is 11. The molecule has 4 atom stereocenters. The topological polar surface area (TPSA) is 54.1 Å². The van der Waals surface area contributed by atoms with Crippen LogP contribution in [0.2, 0.25) is 0 Å². The summed E-state index contributed by atoms with van der Waals surface area (Å²) in [6.45, 7) is 0. The van der Waals surface area contributed by atoms with Crippen molar-refractivity contribution in [3.63, 3.8) is 0 Å². The molecule has 5 aliphatic rings. The van der Waals surface area contributed by atoms with Crippen LogP contribution >= 0.6 is 0 Å². The van der Waals surface area contributed by atoms with Crippen molar-refractivity contribution in [1.29, 1.82) is 10.5 Å². The van der Waals surface area contributed by atoms with Gasteiger partial charge in [-0.05, 0) is 154 Å². The average molecular weight is 899 g/mol. The molecule has 0 saturated heterocycles. The molecule has 0 amide bonds. The van der Waals surface area contributed by atoms with Crippen molar-refractivity contribution in [1.82, 2.24) is 0 Å². The van der Waals surface area contributed by atoms with E-state index in [1.807, 2.05) is 24.3 Å². The van der Waals surface area contributed by atoms with Crippen LogP contribution in [0.5, 0.6) is 0 Å². The number of nitrogens with zero attached hydrogens (tertiary/aromatic N) is 4. The lowest BCUT2D eigenvalue weighted by atomic mass is 9.75. The van der Waals surface area contributed by atoms with Crippen LogP contribution in [-0.2, 0) is 0 Å². The summed E-state index contributed by atoms with van der Waals surface area (Å²) in [5.41, 5.74) is 18.0. The predicted molar refractivity (Wildman–Crippen MR) is 290 cm³/mol. The maximum absolute atomic E-state index is 9.93. The third-order valence-corrected chi connectivity index (χ3v) is 14.8. The summed E-state index contributed by atoms with van der Waals surface area (Å²) in [6, 6.07) is 58.8. The van der Waals surface area contributed by atoms with E-state index in [0.717, 1.165) is 54.1 Å². The first-order valence-electron chi connectivity index (χ1n) is 24.5. The molecule has 70 heavy (non-hydrogen) atoms. The fraction of sp³-hybridized carbons (Fsp3) is 0.121. The summed E-state index contributed by atoms with van der Waals surface area (Å²) in [7, 11) is 0. The molecule has 7 aromatic carbocycles. The molecule has 0 spiro atoms. The van der Waals surface area contributed by atoms with Crippen LogP contribution in [-0.4, -0.2) is 6.04 Å². The smallest absolute Gasteiger partial charge is 0.0991 e. The molecule has 0 N–H and O–H groups in total. The Morgan fingerprint density at radius 1 is 0.557 bits per heavy atom. The molecule has 0 fully saturated rings. The zero-order valence-corrected chi connectivity index (χ0v) is 38.9. The van der Waals surface area contributed by atoms with Gasteiger partial charge < -0.3 is 9.80 Å². The number of rotatable bonds is 10. The second-order valence-corrected chi connectivity index (χ2v) is 18.9. The van der Waals surface area contributed by atoms with Crippen LogP contribution < -0.4 is 9.80 Å². The van der Waals surface area contributed by atoms with E-state index in [4.69, 9.17) is 0 Å². The van der Waals surface area contributed by atoms with Gasteiger partial charge in [-0.1, -0.05) is 158 Å². The molecule has 0 bridgehead atoms. The lowest BCUT2D eigenvalue weighted by Crippen LogP contribution is -2.39. The number of hydrogen-bond donors (Lipinski definition) is 0. The number of hydrogen-bond acceptors (Lipinski definition) is 4. The van der Waals surface area contributed by atoms with Gasteiger partial charge in [0.25, 0.3) is 0 Å². The molecule has 4 nitrogen and oxygen atoms in total. The van der Waals surface area contributed by atoms with Crippen molar-refractivity contribution in [3.8, 4) is 12.1 Å². The molecule has 0 radical (unpaired) electrons. The molecule has 12 rings (SSSR count). The van der Waals surface area contributed by atoms with Crippen molar-refractivity contribution in [2.45, 2.75) is 49.5 Å². The first-order valence-corrected chi connectivity index (χ1v) is 24.5. The van der Waals surface area contributed by atoms with Crippen LogP contribution in [0.4, 0.5) is 22.7 Å². The quantitative estimate of drug-likeness (QED) is 0.137. The molecule has 7 aromatic rings. The minimum atomic E-state index is -0.0857. The first-order chi connectivity index (χ1) is 34.6. The molecular formula is C66H50N4. The molecule has 334 valence electrons. The average Bonchev–Trinajstić information content (AvgIpc) is 3.44. The molecule has 0 heterocycles. The largest absolute Gasteiger partial charge is 0.334 e. The molecule has 0 aliphatic heterocycles. The fourth-order valence-corrected chi connectivity index (χ4v) is 11.3. The van der Waals surface area contributed by atoms with Crippen LogP contribution in [0.15, 0.2) is 224 Å². The molecule has 4 heteroatoms. The van der Waals surface area contributed by atoms with Crippen LogP contribution in [0.3, 0.4) is 0 Å². The van der Waals surface area contributed by atoms with E-state index in [9.17, 15) is 10.5 Å². The van der Waals surface area contributed by atoms with Gasteiger partial charge in [0.15, 0.2) is 0 Å². The number of nitriles is 2. The van der Waals surface area contributed by atoms with Crippen molar-refractivity contribution < 1.29 is 0 Å². The van der Waals surface area contributed by atoms with Crippen LogP contribution in [0.1, 0.15) is 93.5 Å². The molecule has 4 unspecified atom stereocenters. The number of benzene rings is 7. The van der Waals surface area contributed by atoms with Crippen molar-refractivity contribution in [2.75, 3.05) is 9.80 Å². The summed E-state index contributed by atoms with van der Waals surface area (Å²) in [6.07, 6.45) is 33.8. The highest BCUT2D eigenvalue weighted by Crippen LogP contribution is 2.50. The lowest BCUT2D eigenvalue weighted by molar-refractivity contribution is 0.673. The Morgan fingerprint density at radius 2 is 1.30 bits per heavy atom. The van der Waals surface area contributed by atoms with E-state index in [1.165, 1.54) is 60.9 Å². The van der Waals surface area contributed by atoms with E-state index < -0.39 is 0 Å². The minimum absolute atomic E-state index is 0.00407. The van der Waals surface area contributed by atoms with Gasteiger partial charge in [-0.2, -0.15) is 10.5 Å². The molecular weight excluding hydrogens is 849 g/mol. The Morgan fingerprint density at radius 3 is 2.03 bits per heavy atom. The van der Waals surface area contributed by atoms with Gasteiger partial charge in [0.1, 0.15) is 0 Å². The maximum atomic E-state index is 9.93. The highest BCUT2D eigenvalue weighted by atomic mass is 15.2. The second kappa shape index (κ2) is 18.4. The van der Waals surface area contributed by atoms with Gasteiger partial charge in [-0.25, -0.2) is 0 Å². The summed E-state index contributed by atoms with van der Waals surface area (Å²) >= 11 is 0. The monoisotopic (exact) mass is 898 g/mol. The van der Waals surface area contributed by atoms with E-state index in [2.05, 4.69) is 228 Å². The van der Waals surface area contributed by atoms with E-state index in [1.54, 1.807) is 0 Å². The van der Waals surface area contributed by atoms with Gasteiger partial charge in [0.2, 0.25) is 0 Å². The van der Waals surface area contributed by atoms with Gasteiger partial charge in [-0.15, -0.1) is 0 Å². The zero-order chi connectivity index (χ0) is 47.0. The summed E-state index contributed by atoms with van der Waals surface area (Å²) in [5.74, 6) is 0.430. The van der Waals surface area contributed by atoms with Crippen LogP contribution in [0.25, 0.3) is 34.1 Å². The van der Waals surface area contributed by atoms with Gasteiger partial charge >= 0.3 is 0 Å². The van der Waals surface area contributed by atoms with Crippen LogP contribution in [0, 0.1) is 22.7 Å². The number of anilines is 4. The third-order valence-electron chi connectivity index (χ3n) is 14.8. The van der Waals surface area contributed by atoms with Gasteiger partial charge in [0.05, 0.1) is 35.0 Å². The standard InChI is InChI=1S/C66H50N4/c67-43-45-21-29-57(30-22-45)69(59-39-53(47-13-5-1-6-14-47)37-54(40-59)48-15-7-2-8-16-48)63-35-27-51-26-34-62-64(36-28-52-25-33-61(63)65(51)66(52)62)70(58-31-23-46(44-68)24-32-58)60-41-55(49-17-9-3-10-18-49)38-56(42-60)50-19-11-4-12-20-50/h1-11,13-17,19,21-36,38-42,49,53,61,63H,12,18,20,37H2. The van der Waals surface area contributed by atoms with Gasteiger partial charge in [-0.3, -0.25) is 0 Å². The second-order valence-electron chi connectivity index (χ2n) is 18.9. The minimum Gasteiger partial charge on any atom is -0.334 e. The summed E-state index contributed by atoms with van der Waals surface area (Å²) in [5, 5.41) is 22.3. The Kier molecular flexibility index (Phi) is 11.2. The summed E-state index contributed by atoms with van der Waals surface area (Å²) in [4.78, 5) is 4.93. The first kappa shape index (κ1) is 42.6. The van der Waals surface area contributed by atoms with E-state index in [0.29, 0.717) is 11.1 Å². The fourth-order valence-electron chi connectivity index (χ4n) is 11.3. The van der Waals surface area contributed by atoms with Crippen molar-refractivity contribution >= 4 is 56.8 Å². The maximum Gasteiger partial charge on any atom is 0.0991 e. The Labute approximate surface area is 411 Å². The Balaban J connectivity index is 1.03. The SMILES string of the molecule is N#Cc1ccc(N(c2cc(C3=CC=CCC3)cc(C3C=CC=CC3)c2)c2ccc3c4c5c(ccc24)C=CC(N(C2=CC(c4ccccc4)CC(c4ccccc4)=C2)c2ccc(C#N)cc2)C5C=C3)cc1. The molecule has 0 saturated carbocycles. The Hall–Kier alpha value is -8.70. The van der Waals surface area contributed by atoms with Gasteiger partial charge in [0, 0.05) is 45.9 Å². The highest BCUT2D eigenvalue weighted by Gasteiger charge is 2.36. The summed E-state index contributed by atoms with van der Waals surface area (Å²) < 4.78 is 0. The van der Waals surface area contributed by atoms with E-state index in [-0.39, 0.29) is 23.8 Å². The Bertz CT molecular complexity index is 3510. The normalized spacial score (nSPS) is 19.4. The zero-order valence-electron chi connectivity index (χ0n) is 38.9. The van der Waals surface area contributed by atoms with Crippen molar-refractivity contribution in [3.05, 3.63) is 274 Å². The lowest BCUT2D eigenvalue weighted by Gasteiger charge is -2.42. The highest BCUT2D eigenvalue weighted by molar-refractivity contribution is 6.07.